The first-order chi connectivity index (χ1) is 8.50. The largest absolute Gasteiger partial charge is 0.390 e. The molecule has 0 bridgehead atoms. The van der Waals surface area contributed by atoms with Gasteiger partial charge in [0.1, 0.15) is 5.82 Å². The molecule has 3 nitrogen and oxygen atoms in total. The van der Waals surface area contributed by atoms with Crippen LogP contribution in [0.2, 0.25) is 0 Å². The summed E-state index contributed by atoms with van der Waals surface area (Å²) in [5.41, 5.74) is 1.15. The van der Waals surface area contributed by atoms with Crippen LogP contribution in [0.1, 0.15) is 63.9 Å². The summed E-state index contributed by atoms with van der Waals surface area (Å²) in [6.45, 7) is 7.01. The topological polar surface area (TPSA) is 46.0 Å². The number of aliphatic hydroxyl groups excluding tert-OH is 1. The lowest BCUT2D eigenvalue weighted by Crippen LogP contribution is -2.25. The van der Waals surface area contributed by atoms with Crippen LogP contribution in [0.3, 0.4) is 0 Å². The maximum Gasteiger partial charge on any atom is 0.131 e. The van der Waals surface area contributed by atoms with Crippen molar-refractivity contribution in [2.45, 2.75) is 59.0 Å². The Morgan fingerprint density at radius 1 is 1.22 bits per heavy atom. The van der Waals surface area contributed by atoms with Crippen molar-refractivity contribution in [3.63, 3.8) is 0 Å². The highest BCUT2D eigenvalue weighted by molar-refractivity contribution is 5.06. The first-order valence-electron chi connectivity index (χ1n) is 6.93. The Morgan fingerprint density at radius 2 is 1.89 bits per heavy atom. The normalized spacial score (nSPS) is 25.1. The summed E-state index contributed by atoms with van der Waals surface area (Å²) in [6.07, 6.45) is 6.65. The molecule has 1 aromatic rings. The van der Waals surface area contributed by atoms with Gasteiger partial charge in [0.15, 0.2) is 0 Å². The van der Waals surface area contributed by atoms with Crippen LogP contribution in [0.5, 0.6) is 0 Å². The fraction of sp³-hybridized carbons (Fsp3) is 0.733. The van der Waals surface area contributed by atoms with Crippen LogP contribution in [-0.2, 0) is 6.61 Å². The summed E-state index contributed by atoms with van der Waals surface area (Å²) in [6, 6.07) is 1.78. The maximum atomic E-state index is 9.12. The third kappa shape index (κ3) is 3.08. The van der Waals surface area contributed by atoms with Gasteiger partial charge in [-0.3, -0.25) is 0 Å². The van der Waals surface area contributed by atoms with Gasteiger partial charge in [-0.2, -0.15) is 0 Å². The van der Waals surface area contributed by atoms with E-state index in [2.05, 4.69) is 30.7 Å². The lowest BCUT2D eigenvalue weighted by molar-refractivity contribution is 0.167. The smallest absolute Gasteiger partial charge is 0.131 e. The molecule has 1 saturated carbocycles. The molecule has 0 amide bonds. The van der Waals surface area contributed by atoms with Crippen LogP contribution in [0, 0.1) is 11.3 Å². The van der Waals surface area contributed by atoms with E-state index in [4.69, 9.17) is 5.11 Å². The molecular formula is C15H24N2O. The minimum absolute atomic E-state index is 0.00680. The molecule has 3 heteroatoms. The van der Waals surface area contributed by atoms with Crippen LogP contribution in [0.15, 0.2) is 12.3 Å². The van der Waals surface area contributed by atoms with E-state index >= 15 is 0 Å². The van der Waals surface area contributed by atoms with Gasteiger partial charge in [-0.1, -0.05) is 20.8 Å². The number of hydrogen-bond acceptors (Lipinski definition) is 3. The molecule has 0 atom stereocenters. The number of nitrogens with zero attached hydrogens (tertiary/aromatic N) is 2. The van der Waals surface area contributed by atoms with Gasteiger partial charge < -0.3 is 5.11 Å². The van der Waals surface area contributed by atoms with Gasteiger partial charge in [-0.05, 0) is 43.1 Å². The fourth-order valence-electron chi connectivity index (χ4n) is 2.92. The number of hydrogen-bond donors (Lipinski definition) is 1. The van der Waals surface area contributed by atoms with Crippen LogP contribution in [0.4, 0.5) is 0 Å². The average molecular weight is 248 g/mol. The molecule has 1 aromatic heterocycles. The van der Waals surface area contributed by atoms with E-state index in [1.807, 2.05) is 0 Å². The van der Waals surface area contributed by atoms with E-state index in [1.165, 1.54) is 25.7 Å². The lowest BCUT2D eigenvalue weighted by Gasteiger charge is -2.36. The zero-order valence-corrected chi connectivity index (χ0v) is 11.7. The van der Waals surface area contributed by atoms with Gasteiger partial charge in [0.05, 0.1) is 12.3 Å². The van der Waals surface area contributed by atoms with Crippen LogP contribution >= 0.6 is 0 Å². The predicted molar refractivity (Wildman–Crippen MR) is 72.1 cm³/mol. The van der Waals surface area contributed by atoms with Crippen LogP contribution in [-0.4, -0.2) is 15.1 Å². The third-order valence-corrected chi connectivity index (χ3v) is 4.21. The molecule has 0 saturated heterocycles. The van der Waals surface area contributed by atoms with E-state index < -0.39 is 0 Å². The first kappa shape index (κ1) is 13.5. The van der Waals surface area contributed by atoms with E-state index in [9.17, 15) is 0 Å². The van der Waals surface area contributed by atoms with Crippen LogP contribution < -0.4 is 0 Å². The molecule has 1 aliphatic carbocycles. The molecule has 1 N–H and O–H groups in total. The molecule has 0 aliphatic heterocycles. The maximum absolute atomic E-state index is 9.12. The molecule has 0 aromatic carbocycles. The highest BCUT2D eigenvalue weighted by Gasteiger charge is 2.31. The molecule has 1 fully saturated rings. The monoisotopic (exact) mass is 248 g/mol. The molecule has 0 unspecified atom stereocenters. The van der Waals surface area contributed by atoms with Gasteiger partial charge >= 0.3 is 0 Å². The Morgan fingerprint density at radius 3 is 2.44 bits per heavy atom. The zero-order chi connectivity index (χ0) is 13.2. The molecule has 0 spiro atoms. The van der Waals surface area contributed by atoms with E-state index in [-0.39, 0.29) is 6.61 Å². The summed E-state index contributed by atoms with van der Waals surface area (Å²) < 4.78 is 0. The first-order valence-corrected chi connectivity index (χ1v) is 6.93. The summed E-state index contributed by atoms with van der Waals surface area (Å²) >= 11 is 0. The standard InChI is InChI=1S/C15H24N2O/c1-15(2,3)12-6-4-11(5-7-12)14-16-9-8-13(10-18)17-14/h8-9,11-12,18H,4-7,10H2,1-3H3. The van der Waals surface area contributed by atoms with E-state index in [1.54, 1.807) is 12.3 Å². The van der Waals surface area contributed by atoms with Crippen LogP contribution in [0.25, 0.3) is 0 Å². The average Bonchev–Trinajstić information content (AvgIpc) is 2.38. The molecule has 1 aliphatic rings. The molecular weight excluding hydrogens is 224 g/mol. The van der Waals surface area contributed by atoms with E-state index in [0.717, 1.165) is 17.4 Å². The Balaban J connectivity index is 2.01. The van der Waals surface area contributed by atoms with Crippen molar-refractivity contribution in [1.82, 2.24) is 9.97 Å². The summed E-state index contributed by atoms with van der Waals surface area (Å²) in [5, 5.41) is 9.12. The van der Waals surface area contributed by atoms with Crippen molar-refractivity contribution in [3.8, 4) is 0 Å². The second kappa shape index (κ2) is 5.35. The number of aromatic nitrogens is 2. The van der Waals surface area contributed by atoms with Crippen molar-refractivity contribution in [2.24, 2.45) is 11.3 Å². The summed E-state index contributed by atoms with van der Waals surface area (Å²) in [5.74, 6) is 2.22. The third-order valence-electron chi connectivity index (χ3n) is 4.21. The SMILES string of the molecule is CC(C)(C)C1CCC(c2nccc(CO)n2)CC1. The fourth-order valence-corrected chi connectivity index (χ4v) is 2.92. The minimum atomic E-state index is 0.00680. The minimum Gasteiger partial charge on any atom is -0.390 e. The predicted octanol–water partition coefficient (Wildman–Crippen LogP) is 3.29. The Labute approximate surface area is 110 Å². The number of rotatable bonds is 2. The number of aliphatic hydroxyl groups is 1. The Kier molecular flexibility index (Phi) is 4.00. The zero-order valence-electron chi connectivity index (χ0n) is 11.7. The molecule has 18 heavy (non-hydrogen) atoms. The summed E-state index contributed by atoms with van der Waals surface area (Å²) in [4.78, 5) is 8.82. The van der Waals surface area contributed by atoms with Gasteiger partial charge in [0.2, 0.25) is 0 Å². The van der Waals surface area contributed by atoms with Gasteiger partial charge in [-0.25, -0.2) is 9.97 Å². The van der Waals surface area contributed by atoms with Crippen molar-refractivity contribution in [3.05, 3.63) is 23.8 Å². The van der Waals surface area contributed by atoms with Crippen molar-refractivity contribution >= 4 is 0 Å². The second-order valence-electron chi connectivity index (χ2n) is 6.48. The Bertz CT molecular complexity index is 390. The molecule has 1 heterocycles. The second-order valence-corrected chi connectivity index (χ2v) is 6.48. The quantitative estimate of drug-likeness (QED) is 0.873. The molecule has 0 radical (unpaired) electrons. The van der Waals surface area contributed by atoms with Crippen molar-refractivity contribution in [1.29, 1.82) is 0 Å². The van der Waals surface area contributed by atoms with Gasteiger partial charge in [0, 0.05) is 12.1 Å². The highest BCUT2D eigenvalue weighted by Crippen LogP contribution is 2.42. The molecule has 2 rings (SSSR count). The highest BCUT2D eigenvalue weighted by atomic mass is 16.3. The summed E-state index contributed by atoms with van der Waals surface area (Å²) in [7, 11) is 0. The van der Waals surface area contributed by atoms with Crippen molar-refractivity contribution in [2.75, 3.05) is 0 Å². The lowest BCUT2D eigenvalue weighted by atomic mass is 9.70. The Hall–Kier alpha value is -0.960. The van der Waals surface area contributed by atoms with Gasteiger partial charge in [-0.15, -0.1) is 0 Å². The van der Waals surface area contributed by atoms with Gasteiger partial charge in [0.25, 0.3) is 0 Å². The van der Waals surface area contributed by atoms with E-state index in [0.29, 0.717) is 11.3 Å². The molecule has 100 valence electrons. The van der Waals surface area contributed by atoms with Crippen molar-refractivity contribution < 1.29 is 5.11 Å².